The topological polar surface area (TPSA) is 9.23 Å². The van der Waals surface area contributed by atoms with Crippen LogP contribution in [0.25, 0.3) is 49.7 Å². The van der Waals surface area contributed by atoms with Crippen LogP contribution in [0.2, 0.25) is 0 Å². The van der Waals surface area contributed by atoms with Crippen molar-refractivity contribution in [1.82, 2.24) is 0 Å². The van der Waals surface area contributed by atoms with Gasteiger partial charge in [-0.2, -0.15) is 0 Å². The highest BCUT2D eigenvalue weighted by Crippen LogP contribution is 2.48. The maximum absolute atomic E-state index is 5.96. The molecule has 37 heavy (non-hydrogen) atoms. The lowest BCUT2D eigenvalue weighted by Crippen LogP contribution is -1.90. The maximum Gasteiger partial charge on any atom is 0.0918 e. The van der Waals surface area contributed by atoms with Crippen LogP contribution in [0, 0.1) is 0 Å². The zero-order chi connectivity index (χ0) is 24.8. The highest BCUT2D eigenvalue weighted by molar-refractivity contribution is 7.37. The Morgan fingerprint density at radius 3 is 2.00 bits per heavy atom. The zero-order valence-electron chi connectivity index (χ0n) is 21.6. The largest absolute Gasteiger partial charge is 0.373 e. The lowest BCUT2D eigenvalue weighted by Gasteiger charge is -2.04. The maximum atomic E-state index is 5.96. The molecule has 0 N–H and O–H groups in total. The fourth-order valence-corrected chi connectivity index (χ4v) is 11.0. The van der Waals surface area contributed by atoms with Crippen molar-refractivity contribution in [3.05, 3.63) is 46.2 Å². The fraction of sp³-hybridized carbons (Fsp3) is 0.438. The van der Waals surface area contributed by atoms with Gasteiger partial charge in [0.1, 0.15) is 0 Å². The van der Waals surface area contributed by atoms with E-state index in [1.165, 1.54) is 125 Å². The highest BCUT2D eigenvalue weighted by Gasteiger charge is 2.21. The summed E-state index contributed by atoms with van der Waals surface area (Å²) in [5.74, 6) is 0. The van der Waals surface area contributed by atoms with Gasteiger partial charge in [-0.3, -0.25) is 0 Å². The molecule has 1 aliphatic rings. The summed E-state index contributed by atoms with van der Waals surface area (Å²) < 4.78 is 14.6. The summed E-state index contributed by atoms with van der Waals surface area (Å²) in [6, 6.07) is 14.7. The molecule has 1 fully saturated rings. The SMILES string of the molecule is CCCCCCCCCCc1cc2cc3c(cc2s1)sc1c2cc4cc(C5CCCO5)sc4cc2sc31. The summed E-state index contributed by atoms with van der Waals surface area (Å²) in [4.78, 5) is 2.97. The smallest absolute Gasteiger partial charge is 0.0918 e. The van der Waals surface area contributed by atoms with Gasteiger partial charge < -0.3 is 4.74 Å². The number of aryl methyl sites for hydroxylation is 1. The van der Waals surface area contributed by atoms with E-state index in [-0.39, 0.29) is 0 Å². The molecule has 5 heteroatoms. The van der Waals surface area contributed by atoms with Gasteiger partial charge in [0.15, 0.2) is 0 Å². The Hall–Kier alpha value is -1.50. The Bertz CT molecular complexity index is 1690. The first-order valence-corrected chi connectivity index (χ1v) is 17.4. The minimum Gasteiger partial charge on any atom is -0.373 e. The van der Waals surface area contributed by atoms with Crippen LogP contribution in [0.4, 0.5) is 0 Å². The Balaban J connectivity index is 1.13. The number of hydrogen-bond acceptors (Lipinski definition) is 5. The monoisotopic (exact) mass is 562 g/mol. The lowest BCUT2D eigenvalue weighted by atomic mass is 10.1. The Kier molecular flexibility index (Phi) is 7.01. The highest BCUT2D eigenvalue weighted by atomic mass is 32.1. The van der Waals surface area contributed by atoms with Crippen LogP contribution in [0.1, 0.15) is 87.0 Å². The first kappa shape index (κ1) is 24.5. The summed E-state index contributed by atoms with van der Waals surface area (Å²) in [6.45, 7) is 3.21. The lowest BCUT2D eigenvalue weighted by molar-refractivity contribution is 0.114. The summed E-state index contributed by atoms with van der Waals surface area (Å²) in [5, 5.41) is 5.70. The molecule has 5 heterocycles. The van der Waals surface area contributed by atoms with Crippen LogP contribution >= 0.6 is 45.3 Å². The molecule has 192 valence electrons. The fourth-order valence-electron chi connectivity index (χ4n) is 5.92. The third-order valence-corrected chi connectivity index (χ3v) is 12.8. The molecule has 2 aromatic carbocycles. The molecular weight excluding hydrogens is 529 g/mol. The van der Waals surface area contributed by atoms with Crippen molar-refractivity contribution < 1.29 is 4.74 Å². The van der Waals surface area contributed by atoms with Gasteiger partial charge in [0, 0.05) is 45.9 Å². The van der Waals surface area contributed by atoms with Crippen LogP contribution in [0.3, 0.4) is 0 Å². The van der Waals surface area contributed by atoms with Crippen LogP contribution < -0.4 is 0 Å². The minimum absolute atomic E-state index is 0.313. The molecule has 7 rings (SSSR count). The molecule has 4 aromatic heterocycles. The van der Waals surface area contributed by atoms with Crippen molar-refractivity contribution >= 4 is 95.1 Å². The number of unbranched alkanes of at least 4 members (excludes halogenated alkanes) is 7. The third-order valence-electron chi connectivity index (χ3n) is 7.95. The number of ether oxygens (including phenoxy) is 1. The second kappa shape index (κ2) is 10.6. The average molecular weight is 563 g/mol. The van der Waals surface area contributed by atoms with Gasteiger partial charge in [0.2, 0.25) is 0 Å². The zero-order valence-corrected chi connectivity index (χ0v) is 24.8. The van der Waals surface area contributed by atoms with E-state index >= 15 is 0 Å². The van der Waals surface area contributed by atoms with Gasteiger partial charge in [-0.25, -0.2) is 0 Å². The van der Waals surface area contributed by atoms with Gasteiger partial charge >= 0.3 is 0 Å². The second-order valence-corrected chi connectivity index (χ2v) is 15.1. The van der Waals surface area contributed by atoms with E-state index < -0.39 is 0 Å². The normalized spacial score (nSPS) is 16.5. The molecule has 0 saturated carbocycles. The number of thiophene rings is 4. The standard InChI is InChI=1S/C32H34OS4/c1-2-3-4-5-6-7-8-9-11-22-14-20-15-23-28(18-26(20)34-22)36-32-24-16-21-17-30(25-12-10-13-33-25)35-27(21)19-29(24)37-31(23)32/h14-19,25H,2-13H2,1H3. The van der Waals surface area contributed by atoms with Crippen molar-refractivity contribution in [3.63, 3.8) is 0 Å². The average Bonchev–Trinajstić information content (AvgIpc) is 3.71. The third kappa shape index (κ3) is 4.76. The van der Waals surface area contributed by atoms with Crippen molar-refractivity contribution in [1.29, 1.82) is 0 Å². The van der Waals surface area contributed by atoms with Crippen molar-refractivity contribution in [3.8, 4) is 0 Å². The predicted octanol–water partition coefficient (Wildman–Crippen LogP) is 12.2. The Morgan fingerprint density at radius 2 is 1.32 bits per heavy atom. The van der Waals surface area contributed by atoms with Crippen molar-refractivity contribution in [2.45, 2.75) is 83.7 Å². The van der Waals surface area contributed by atoms with Crippen LogP contribution in [0.15, 0.2) is 36.4 Å². The van der Waals surface area contributed by atoms with Crippen LogP contribution in [0.5, 0.6) is 0 Å². The molecule has 6 aromatic rings. The molecule has 1 nitrogen and oxygen atoms in total. The molecule has 0 spiro atoms. The van der Waals surface area contributed by atoms with Gasteiger partial charge in [-0.1, -0.05) is 51.9 Å². The molecule has 1 aliphatic heterocycles. The van der Waals surface area contributed by atoms with E-state index in [0.717, 1.165) is 6.61 Å². The first-order chi connectivity index (χ1) is 18.3. The van der Waals surface area contributed by atoms with Gasteiger partial charge in [0.25, 0.3) is 0 Å². The number of hydrogen-bond donors (Lipinski definition) is 0. The number of rotatable bonds is 10. The molecule has 0 aliphatic carbocycles. The van der Waals surface area contributed by atoms with E-state index in [9.17, 15) is 0 Å². The van der Waals surface area contributed by atoms with Gasteiger partial charge in [0.05, 0.1) is 15.5 Å². The first-order valence-electron chi connectivity index (χ1n) is 14.1. The number of fused-ring (bicyclic) bond motifs is 7. The van der Waals surface area contributed by atoms with E-state index in [1.807, 2.05) is 45.3 Å². The molecule has 0 bridgehead atoms. The van der Waals surface area contributed by atoms with Crippen molar-refractivity contribution in [2.75, 3.05) is 6.61 Å². The Labute approximate surface area is 235 Å². The summed E-state index contributed by atoms with van der Waals surface area (Å²) in [6.07, 6.45) is 15.0. The van der Waals surface area contributed by atoms with Gasteiger partial charge in [-0.05, 0) is 72.9 Å². The van der Waals surface area contributed by atoms with Gasteiger partial charge in [-0.15, -0.1) is 45.3 Å². The molecule has 1 unspecified atom stereocenters. The number of benzene rings is 2. The summed E-state index contributed by atoms with van der Waals surface area (Å²) >= 11 is 7.93. The van der Waals surface area contributed by atoms with E-state index in [4.69, 9.17) is 4.74 Å². The van der Waals surface area contributed by atoms with Crippen LogP contribution in [-0.2, 0) is 11.2 Å². The van der Waals surface area contributed by atoms with E-state index in [0.29, 0.717) is 6.10 Å². The minimum atomic E-state index is 0.313. The summed E-state index contributed by atoms with van der Waals surface area (Å²) in [7, 11) is 0. The molecular formula is C32H34OS4. The van der Waals surface area contributed by atoms with E-state index in [2.05, 4.69) is 43.3 Å². The quantitative estimate of drug-likeness (QED) is 0.151. The van der Waals surface area contributed by atoms with Crippen LogP contribution in [-0.4, -0.2) is 6.61 Å². The molecule has 0 amide bonds. The van der Waals surface area contributed by atoms with Crippen molar-refractivity contribution in [2.24, 2.45) is 0 Å². The molecule has 1 saturated heterocycles. The molecule has 0 radical (unpaired) electrons. The predicted molar refractivity (Wildman–Crippen MR) is 170 cm³/mol. The second-order valence-electron chi connectivity index (χ2n) is 10.7. The van der Waals surface area contributed by atoms with E-state index in [1.54, 1.807) is 4.88 Å². The Morgan fingerprint density at radius 1 is 0.676 bits per heavy atom. The molecule has 1 atom stereocenters. The summed E-state index contributed by atoms with van der Waals surface area (Å²) in [5.41, 5.74) is 0.